The number of halogens is 3. The normalized spacial score (nSPS) is 10.8. The number of carbonyl (C=O) groups is 1. The van der Waals surface area contributed by atoms with Crippen molar-refractivity contribution in [1.29, 1.82) is 5.26 Å². The maximum Gasteiger partial charge on any atom is 0.267 e. The molecule has 2 aromatic carbocycles. The van der Waals surface area contributed by atoms with Gasteiger partial charge in [-0.1, -0.05) is 39.1 Å². The molecule has 0 aliphatic carbocycles. The highest BCUT2D eigenvalue weighted by Crippen LogP contribution is 2.22. The largest absolute Gasteiger partial charge is 0.360 e. The SMILES string of the molecule is N#C/C(=C/Nc1cc(Cl)cc(Cl)c1)C(=O)Nc1ccc(Br)cc1. The molecule has 0 aliphatic heterocycles. The first-order valence-electron chi connectivity index (χ1n) is 6.38. The second-order valence-electron chi connectivity index (χ2n) is 4.43. The van der Waals surface area contributed by atoms with E-state index >= 15 is 0 Å². The van der Waals surface area contributed by atoms with Gasteiger partial charge < -0.3 is 10.6 Å². The minimum Gasteiger partial charge on any atom is -0.360 e. The van der Waals surface area contributed by atoms with E-state index in [4.69, 9.17) is 28.5 Å². The molecule has 0 spiro atoms. The molecule has 0 unspecified atom stereocenters. The van der Waals surface area contributed by atoms with E-state index in [1.165, 1.54) is 6.20 Å². The van der Waals surface area contributed by atoms with Crippen molar-refractivity contribution in [3.05, 3.63) is 68.8 Å². The number of carbonyl (C=O) groups excluding carboxylic acids is 1. The second-order valence-corrected chi connectivity index (χ2v) is 6.22. The van der Waals surface area contributed by atoms with Crippen molar-refractivity contribution in [1.82, 2.24) is 0 Å². The summed E-state index contributed by atoms with van der Waals surface area (Å²) in [5, 5.41) is 15.5. The first kappa shape index (κ1) is 17.4. The molecule has 0 atom stereocenters. The third-order valence-corrected chi connectivity index (χ3v) is 3.68. The van der Waals surface area contributed by atoms with Crippen LogP contribution < -0.4 is 10.6 Å². The monoisotopic (exact) mass is 409 g/mol. The summed E-state index contributed by atoms with van der Waals surface area (Å²) in [6.07, 6.45) is 1.30. The summed E-state index contributed by atoms with van der Waals surface area (Å²) in [5.74, 6) is -0.518. The summed E-state index contributed by atoms with van der Waals surface area (Å²) in [5.41, 5.74) is 1.08. The Morgan fingerprint density at radius 3 is 2.26 bits per heavy atom. The Hall–Kier alpha value is -2.00. The Kier molecular flexibility index (Phi) is 6.05. The van der Waals surface area contributed by atoms with Crippen LogP contribution in [0.5, 0.6) is 0 Å². The van der Waals surface area contributed by atoms with E-state index in [-0.39, 0.29) is 5.57 Å². The summed E-state index contributed by atoms with van der Waals surface area (Å²) in [4.78, 5) is 12.1. The first-order valence-corrected chi connectivity index (χ1v) is 7.92. The molecule has 2 aromatic rings. The molecule has 2 N–H and O–H groups in total. The predicted molar refractivity (Wildman–Crippen MR) is 96.6 cm³/mol. The molecule has 0 bridgehead atoms. The number of nitrogens with one attached hydrogen (secondary N) is 2. The molecule has 0 heterocycles. The van der Waals surface area contributed by atoms with Gasteiger partial charge in [0, 0.05) is 32.1 Å². The van der Waals surface area contributed by atoms with Gasteiger partial charge >= 0.3 is 0 Å². The van der Waals surface area contributed by atoms with Crippen molar-refractivity contribution >= 4 is 56.4 Å². The molecular formula is C16H10BrCl2N3O. The molecule has 0 saturated carbocycles. The maximum atomic E-state index is 12.1. The molecule has 1 amide bonds. The molecule has 0 saturated heterocycles. The third kappa shape index (κ3) is 5.29. The fourth-order valence-corrected chi connectivity index (χ4v) is 2.46. The second kappa shape index (κ2) is 8.02. The number of nitriles is 1. The molecule has 116 valence electrons. The average Bonchev–Trinajstić information content (AvgIpc) is 2.49. The van der Waals surface area contributed by atoms with E-state index in [9.17, 15) is 4.79 Å². The van der Waals surface area contributed by atoms with Gasteiger partial charge in [0.2, 0.25) is 0 Å². The number of benzene rings is 2. The highest BCUT2D eigenvalue weighted by atomic mass is 79.9. The van der Waals surface area contributed by atoms with Gasteiger partial charge in [0.25, 0.3) is 5.91 Å². The van der Waals surface area contributed by atoms with Crippen molar-refractivity contribution in [3.63, 3.8) is 0 Å². The molecule has 7 heteroatoms. The summed E-state index contributed by atoms with van der Waals surface area (Å²) in [7, 11) is 0. The molecule has 0 fully saturated rings. The Morgan fingerprint density at radius 2 is 1.70 bits per heavy atom. The van der Waals surface area contributed by atoms with E-state index < -0.39 is 5.91 Å². The molecule has 0 radical (unpaired) electrons. The van der Waals surface area contributed by atoms with Crippen LogP contribution in [0.1, 0.15) is 0 Å². The number of amides is 1. The number of hydrogen-bond acceptors (Lipinski definition) is 3. The lowest BCUT2D eigenvalue weighted by atomic mass is 10.2. The van der Waals surface area contributed by atoms with Crippen LogP contribution in [0.15, 0.2) is 58.7 Å². The van der Waals surface area contributed by atoms with Crippen LogP contribution in [0.2, 0.25) is 10.0 Å². The lowest BCUT2D eigenvalue weighted by Crippen LogP contribution is -2.14. The van der Waals surface area contributed by atoms with Crippen LogP contribution in [-0.2, 0) is 4.79 Å². The van der Waals surface area contributed by atoms with Crippen LogP contribution in [0.3, 0.4) is 0 Å². The van der Waals surface area contributed by atoms with Gasteiger partial charge in [0.15, 0.2) is 0 Å². The van der Waals surface area contributed by atoms with Crippen LogP contribution in [0, 0.1) is 11.3 Å². The Bertz CT molecular complexity index is 778. The van der Waals surface area contributed by atoms with E-state index in [1.807, 2.05) is 6.07 Å². The lowest BCUT2D eigenvalue weighted by molar-refractivity contribution is -0.112. The smallest absolute Gasteiger partial charge is 0.267 e. The molecule has 4 nitrogen and oxygen atoms in total. The summed E-state index contributed by atoms with van der Waals surface area (Å²) in [6.45, 7) is 0. The fourth-order valence-electron chi connectivity index (χ4n) is 1.67. The number of hydrogen-bond donors (Lipinski definition) is 2. The number of nitrogens with zero attached hydrogens (tertiary/aromatic N) is 1. The Labute approximate surface area is 151 Å². The minimum atomic E-state index is -0.518. The zero-order chi connectivity index (χ0) is 16.8. The van der Waals surface area contributed by atoms with Gasteiger partial charge in [-0.05, 0) is 42.5 Å². The highest BCUT2D eigenvalue weighted by Gasteiger charge is 2.09. The van der Waals surface area contributed by atoms with Crippen LogP contribution in [0.25, 0.3) is 0 Å². The van der Waals surface area contributed by atoms with E-state index in [0.717, 1.165) is 4.47 Å². The van der Waals surface area contributed by atoms with E-state index in [2.05, 4.69) is 26.6 Å². The fraction of sp³-hybridized carbons (Fsp3) is 0. The van der Waals surface area contributed by atoms with Crippen molar-refractivity contribution in [3.8, 4) is 6.07 Å². The minimum absolute atomic E-state index is 0.0796. The van der Waals surface area contributed by atoms with Crippen molar-refractivity contribution in [2.24, 2.45) is 0 Å². The lowest BCUT2D eigenvalue weighted by Gasteiger charge is -2.06. The van der Waals surface area contributed by atoms with Gasteiger partial charge in [-0.25, -0.2) is 0 Å². The topological polar surface area (TPSA) is 64.9 Å². The predicted octanol–water partition coefficient (Wildman–Crippen LogP) is 5.21. The molecule has 0 aromatic heterocycles. The maximum absolute atomic E-state index is 12.1. The van der Waals surface area contributed by atoms with Gasteiger partial charge in [-0.3, -0.25) is 4.79 Å². The molecule has 2 rings (SSSR count). The Balaban J connectivity index is 2.10. The van der Waals surface area contributed by atoms with Crippen LogP contribution in [0.4, 0.5) is 11.4 Å². The van der Waals surface area contributed by atoms with Gasteiger partial charge in [0.05, 0.1) is 0 Å². The zero-order valence-electron chi connectivity index (χ0n) is 11.6. The van der Waals surface area contributed by atoms with Gasteiger partial charge in [-0.2, -0.15) is 5.26 Å². The average molecular weight is 411 g/mol. The summed E-state index contributed by atoms with van der Waals surface area (Å²) >= 11 is 15.1. The van der Waals surface area contributed by atoms with Crippen molar-refractivity contribution in [2.75, 3.05) is 10.6 Å². The summed E-state index contributed by atoms with van der Waals surface area (Å²) < 4.78 is 0.894. The van der Waals surface area contributed by atoms with Crippen LogP contribution in [-0.4, -0.2) is 5.91 Å². The third-order valence-electron chi connectivity index (χ3n) is 2.71. The first-order chi connectivity index (χ1) is 11.0. The van der Waals surface area contributed by atoms with Gasteiger partial charge in [-0.15, -0.1) is 0 Å². The molecule has 0 aliphatic rings. The molecular weight excluding hydrogens is 401 g/mol. The standard InChI is InChI=1S/C16H10BrCl2N3O/c17-11-1-3-14(4-2-11)22-16(23)10(8-20)9-21-15-6-12(18)5-13(19)7-15/h1-7,9,21H,(H,22,23)/b10-9-. The zero-order valence-corrected chi connectivity index (χ0v) is 14.7. The van der Waals surface area contributed by atoms with E-state index in [1.54, 1.807) is 42.5 Å². The number of anilines is 2. The van der Waals surface area contributed by atoms with Crippen LogP contribution >= 0.6 is 39.1 Å². The number of rotatable bonds is 4. The summed E-state index contributed by atoms with van der Waals surface area (Å²) in [6, 6.07) is 13.7. The quantitative estimate of drug-likeness (QED) is 0.536. The van der Waals surface area contributed by atoms with Gasteiger partial charge in [0.1, 0.15) is 11.6 Å². The van der Waals surface area contributed by atoms with E-state index in [0.29, 0.717) is 21.4 Å². The highest BCUT2D eigenvalue weighted by molar-refractivity contribution is 9.10. The van der Waals surface area contributed by atoms with Crippen molar-refractivity contribution < 1.29 is 4.79 Å². The molecule has 23 heavy (non-hydrogen) atoms. The Morgan fingerprint density at radius 1 is 1.09 bits per heavy atom. The van der Waals surface area contributed by atoms with Crippen molar-refractivity contribution in [2.45, 2.75) is 0 Å².